The van der Waals surface area contributed by atoms with Gasteiger partial charge in [0, 0.05) is 5.75 Å². The molecule has 2 nitrogen and oxygen atoms in total. The number of hydrogen-bond donors (Lipinski definition) is 1. The van der Waals surface area contributed by atoms with E-state index in [9.17, 15) is 13.6 Å². The highest BCUT2D eigenvalue weighted by Gasteiger charge is 2.10. The van der Waals surface area contributed by atoms with Crippen LogP contribution in [-0.2, 0) is 10.5 Å². The minimum atomic E-state index is -0.303. The molecule has 0 aliphatic carbocycles. The molecule has 0 saturated carbocycles. The fraction of sp³-hybridized carbons (Fsp3) is 0.235. The third-order valence-corrected chi connectivity index (χ3v) is 4.18. The van der Waals surface area contributed by atoms with Gasteiger partial charge in [0.1, 0.15) is 11.6 Å². The van der Waals surface area contributed by atoms with Crippen LogP contribution in [0.4, 0.5) is 8.78 Å². The van der Waals surface area contributed by atoms with Gasteiger partial charge in [0.15, 0.2) is 0 Å². The van der Waals surface area contributed by atoms with E-state index in [0.29, 0.717) is 11.3 Å². The monoisotopic (exact) mass is 321 g/mol. The van der Waals surface area contributed by atoms with E-state index in [1.54, 1.807) is 30.3 Å². The van der Waals surface area contributed by atoms with E-state index in [0.717, 1.165) is 5.56 Å². The molecule has 1 N–H and O–H groups in total. The molecule has 0 heterocycles. The van der Waals surface area contributed by atoms with Gasteiger partial charge in [-0.1, -0.05) is 30.3 Å². The summed E-state index contributed by atoms with van der Waals surface area (Å²) in [6, 6.07) is 12.4. The highest BCUT2D eigenvalue weighted by molar-refractivity contribution is 7.99. The Hall–Kier alpha value is -1.88. The third kappa shape index (κ3) is 4.84. The Bertz CT molecular complexity index is 631. The molecule has 0 aliphatic rings. The molecule has 116 valence electrons. The summed E-state index contributed by atoms with van der Waals surface area (Å²) < 4.78 is 26.3. The van der Waals surface area contributed by atoms with Crippen LogP contribution in [0.5, 0.6) is 0 Å². The second-order valence-electron chi connectivity index (χ2n) is 4.92. The van der Waals surface area contributed by atoms with Gasteiger partial charge in [-0.25, -0.2) is 8.78 Å². The number of carbonyl (C=O) groups excluding carboxylic acids is 1. The zero-order valence-electron chi connectivity index (χ0n) is 12.2. The lowest BCUT2D eigenvalue weighted by Crippen LogP contribution is -2.28. The fourth-order valence-corrected chi connectivity index (χ4v) is 2.81. The molecule has 2 aromatic rings. The van der Waals surface area contributed by atoms with Gasteiger partial charge in [-0.05, 0) is 36.2 Å². The van der Waals surface area contributed by atoms with Crippen LogP contribution in [0.25, 0.3) is 0 Å². The second kappa shape index (κ2) is 7.94. The smallest absolute Gasteiger partial charge is 0.230 e. The lowest BCUT2D eigenvalue weighted by atomic mass is 10.1. The number of benzene rings is 2. The van der Waals surface area contributed by atoms with Crippen LogP contribution in [0.1, 0.15) is 24.1 Å². The van der Waals surface area contributed by atoms with Crippen molar-refractivity contribution in [2.75, 3.05) is 5.75 Å². The summed E-state index contributed by atoms with van der Waals surface area (Å²) in [6.45, 7) is 1.84. The summed E-state index contributed by atoms with van der Waals surface area (Å²) in [5.74, 6) is 0.0150. The summed E-state index contributed by atoms with van der Waals surface area (Å²) in [6.07, 6.45) is 0. The molecule has 0 saturated heterocycles. The highest BCUT2D eigenvalue weighted by Crippen LogP contribution is 2.16. The summed E-state index contributed by atoms with van der Waals surface area (Å²) >= 11 is 1.36. The van der Waals surface area contributed by atoms with Gasteiger partial charge >= 0.3 is 0 Å². The van der Waals surface area contributed by atoms with E-state index in [4.69, 9.17) is 0 Å². The standard InChI is InChI=1S/C17H17F2NOS/c1-12(13-6-8-15(18)9-7-13)20-17(21)11-22-10-14-4-2-3-5-16(14)19/h2-9,12H,10-11H2,1H3,(H,20,21)/t12-/m1/s1. The molecule has 0 spiro atoms. The van der Waals surface area contributed by atoms with Crippen LogP contribution in [0.3, 0.4) is 0 Å². The Morgan fingerprint density at radius 2 is 1.82 bits per heavy atom. The number of carbonyl (C=O) groups is 1. The quantitative estimate of drug-likeness (QED) is 0.869. The van der Waals surface area contributed by atoms with Crippen molar-refractivity contribution in [3.8, 4) is 0 Å². The number of halogens is 2. The minimum Gasteiger partial charge on any atom is -0.349 e. The van der Waals surface area contributed by atoms with Crippen LogP contribution in [0, 0.1) is 11.6 Å². The van der Waals surface area contributed by atoms with Crippen LogP contribution < -0.4 is 5.32 Å². The summed E-state index contributed by atoms with van der Waals surface area (Å²) in [5.41, 5.74) is 1.43. The zero-order valence-corrected chi connectivity index (χ0v) is 13.0. The number of rotatable bonds is 6. The number of thioether (sulfide) groups is 1. The Morgan fingerprint density at radius 3 is 2.50 bits per heavy atom. The SMILES string of the molecule is C[C@@H](NC(=O)CSCc1ccccc1F)c1ccc(F)cc1. The number of nitrogens with one attached hydrogen (secondary N) is 1. The van der Waals surface area contributed by atoms with Crippen LogP contribution in [0.15, 0.2) is 48.5 Å². The molecular formula is C17H17F2NOS. The van der Waals surface area contributed by atoms with Gasteiger partial charge < -0.3 is 5.32 Å². The van der Waals surface area contributed by atoms with Crippen LogP contribution in [0.2, 0.25) is 0 Å². The van der Waals surface area contributed by atoms with Crippen molar-refractivity contribution in [3.05, 3.63) is 71.3 Å². The molecule has 2 rings (SSSR count). The van der Waals surface area contributed by atoms with Crippen molar-refractivity contribution in [2.45, 2.75) is 18.7 Å². The molecule has 2 aromatic carbocycles. The Labute approximate surface area is 132 Å². The molecule has 1 amide bonds. The van der Waals surface area contributed by atoms with E-state index >= 15 is 0 Å². The van der Waals surface area contributed by atoms with Crippen molar-refractivity contribution in [2.24, 2.45) is 0 Å². The Kier molecular flexibility index (Phi) is 5.95. The maximum absolute atomic E-state index is 13.4. The fourth-order valence-electron chi connectivity index (χ4n) is 1.99. The van der Waals surface area contributed by atoms with Gasteiger partial charge in [0.2, 0.25) is 5.91 Å². The van der Waals surface area contributed by atoms with Crippen molar-refractivity contribution >= 4 is 17.7 Å². The Balaban J connectivity index is 1.78. The first-order valence-corrected chi connectivity index (χ1v) is 8.07. The lowest BCUT2D eigenvalue weighted by molar-refractivity contribution is -0.119. The van der Waals surface area contributed by atoms with Crippen LogP contribution >= 0.6 is 11.8 Å². The molecule has 0 bridgehead atoms. The van der Waals surface area contributed by atoms with Crippen molar-refractivity contribution in [3.63, 3.8) is 0 Å². The predicted molar refractivity (Wildman–Crippen MR) is 85.5 cm³/mol. The lowest BCUT2D eigenvalue weighted by Gasteiger charge is -2.14. The normalized spacial score (nSPS) is 12.0. The van der Waals surface area contributed by atoms with Gasteiger partial charge in [0.25, 0.3) is 0 Å². The predicted octanol–water partition coefficient (Wildman–Crippen LogP) is 4.08. The maximum atomic E-state index is 13.4. The average Bonchev–Trinajstić information content (AvgIpc) is 2.50. The summed E-state index contributed by atoms with van der Waals surface area (Å²) in [4.78, 5) is 11.9. The first-order valence-electron chi connectivity index (χ1n) is 6.92. The third-order valence-electron chi connectivity index (χ3n) is 3.20. The van der Waals surface area contributed by atoms with Crippen molar-refractivity contribution in [1.29, 1.82) is 0 Å². The average molecular weight is 321 g/mol. The van der Waals surface area contributed by atoms with E-state index in [-0.39, 0.29) is 29.3 Å². The second-order valence-corrected chi connectivity index (χ2v) is 5.91. The summed E-state index contributed by atoms with van der Waals surface area (Å²) in [5, 5.41) is 2.84. The van der Waals surface area contributed by atoms with E-state index in [1.807, 2.05) is 6.92 Å². The molecule has 22 heavy (non-hydrogen) atoms. The van der Waals surface area contributed by atoms with E-state index in [2.05, 4.69) is 5.32 Å². The first kappa shape index (κ1) is 16.5. The number of hydrogen-bond acceptors (Lipinski definition) is 2. The topological polar surface area (TPSA) is 29.1 Å². The first-order chi connectivity index (χ1) is 10.6. The van der Waals surface area contributed by atoms with Crippen LogP contribution in [-0.4, -0.2) is 11.7 Å². The summed E-state index contributed by atoms with van der Waals surface area (Å²) in [7, 11) is 0. The van der Waals surface area contributed by atoms with Gasteiger partial charge in [-0.2, -0.15) is 0 Å². The molecular weight excluding hydrogens is 304 g/mol. The largest absolute Gasteiger partial charge is 0.349 e. The maximum Gasteiger partial charge on any atom is 0.230 e. The van der Waals surface area contributed by atoms with Crippen molar-refractivity contribution in [1.82, 2.24) is 5.32 Å². The Morgan fingerprint density at radius 1 is 1.14 bits per heavy atom. The molecule has 0 aliphatic heterocycles. The van der Waals surface area contributed by atoms with Crippen molar-refractivity contribution < 1.29 is 13.6 Å². The minimum absolute atomic E-state index is 0.127. The van der Waals surface area contributed by atoms with E-state index in [1.165, 1.54) is 30.0 Å². The highest BCUT2D eigenvalue weighted by atomic mass is 32.2. The molecule has 1 atom stereocenters. The van der Waals surface area contributed by atoms with E-state index < -0.39 is 0 Å². The molecule has 0 aromatic heterocycles. The molecule has 0 radical (unpaired) electrons. The number of amides is 1. The van der Waals surface area contributed by atoms with Gasteiger partial charge in [-0.3, -0.25) is 4.79 Å². The zero-order chi connectivity index (χ0) is 15.9. The molecule has 0 unspecified atom stereocenters. The van der Waals surface area contributed by atoms with Gasteiger partial charge in [-0.15, -0.1) is 11.8 Å². The molecule has 5 heteroatoms. The van der Waals surface area contributed by atoms with Gasteiger partial charge in [0.05, 0.1) is 11.8 Å². The molecule has 0 fully saturated rings.